The zero-order chi connectivity index (χ0) is 18.1. The standard InChI is InChI=1S/C15H16F4N2O3/c1-8-9(2)24-6-5-21(8)14(23)13(22)20-10-3-4-12(16)11(7-10)15(17,18)19/h3-4,7-9H,5-6H2,1-2H3,(H,20,22)/t8-,9-/m0/s1. The van der Waals surface area contributed by atoms with E-state index >= 15 is 0 Å². The smallest absolute Gasteiger partial charge is 0.375 e. The molecule has 0 aromatic heterocycles. The Morgan fingerprint density at radius 3 is 2.58 bits per heavy atom. The van der Waals surface area contributed by atoms with Crippen LogP contribution in [0.2, 0.25) is 0 Å². The van der Waals surface area contributed by atoms with Crippen molar-refractivity contribution in [2.45, 2.75) is 32.2 Å². The van der Waals surface area contributed by atoms with Crippen LogP contribution in [0, 0.1) is 5.82 Å². The van der Waals surface area contributed by atoms with Crippen molar-refractivity contribution in [3.05, 3.63) is 29.6 Å². The van der Waals surface area contributed by atoms with E-state index in [4.69, 9.17) is 4.74 Å². The molecular formula is C15H16F4N2O3. The summed E-state index contributed by atoms with van der Waals surface area (Å²) in [7, 11) is 0. The lowest BCUT2D eigenvalue weighted by atomic mass is 10.1. The molecule has 2 rings (SSSR count). The van der Waals surface area contributed by atoms with Crippen LogP contribution in [-0.4, -0.2) is 42.0 Å². The van der Waals surface area contributed by atoms with Crippen LogP contribution in [0.4, 0.5) is 23.2 Å². The molecule has 0 aliphatic carbocycles. The maximum absolute atomic E-state index is 13.2. The van der Waals surface area contributed by atoms with Crippen molar-refractivity contribution in [1.29, 1.82) is 0 Å². The molecule has 24 heavy (non-hydrogen) atoms. The van der Waals surface area contributed by atoms with Gasteiger partial charge in [-0.15, -0.1) is 0 Å². The molecule has 2 amide bonds. The molecule has 0 spiro atoms. The number of alkyl halides is 3. The Hall–Kier alpha value is -2.16. The van der Waals surface area contributed by atoms with Crippen LogP contribution in [-0.2, 0) is 20.5 Å². The average molecular weight is 348 g/mol. The minimum Gasteiger partial charge on any atom is -0.375 e. The summed E-state index contributed by atoms with van der Waals surface area (Å²) in [5, 5.41) is 2.08. The maximum atomic E-state index is 13.2. The van der Waals surface area contributed by atoms with Crippen molar-refractivity contribution in [3.8, 4) is 0 Å². The first-order valence-electron chi connectivity index (χ1n) is 7.21. The second-order valence-electron chi connectivity index (χ2n) is 5.46. The summed E-state index contributed by atoms with van der Waals surface area (Å²) in [6.07, 6.45) is -5.17. The minimum atomic E-state index is -4.90. The molecule has 9 heteroatoms. The average Bonchev–Trinajstić information content (AvgIpc) is 2.50. The number of halogens is 4. The van der Waals surface area contributed by atoms with Crippen LogP contribution in [0.3, 0.4) is 0 Å². The Bertz CT molecular complexity index is 648. The maximum Gasteiger partial charge on any atom is 0.419 e. The van der Waals surface area contributed by atoms with Gasteiger partial charge in [0.2, 0.25) is 0 Å². The first-order chi connectivity index (χ1) is 11.1. The highest BCUT2D eigenvalue weighted by Crippen LogP contribution is 2.33. The van der Waals surface area contributed by atoms with E-state index in [0.717, 1.165) is 6.07 Å². The number of nitrogens with zero attached hydrogens (tertiary/aromatic N) is 1. The molecule has 2 atom stereocenters. The van der Waals surface area contributed by atoms with Gasteiger partial charge in [0.25, 0.3) is 0 Å². The van der Waals surface area contributed by atoms with E-state index < -0.39 is 29.4 Å². The van der Waals surface area contributed by atoms with Crippen molar-refractivity contribution in [2.24, 2.45) is 0 Å². The van der Waals surface area contributed by atoms with Gasteiger partial charge in [-0.1, -0.05) is 0 Å². The number of anilines is 1. The quantitative estimate of drug-likeness (QED) is 0.626. The molecule has 1 aliphatic heterocycles. The van der Waals surface area contributed by atoms with Gasteiger partial charge in [0.05, 0.1) is 24.3 Å². The fraction of sp³-hybridized carbons (Fsp3) is 0.467. The molecule has 1 aromatic rings. The van der Waals surface area contributed by atoms with Gasteiger partial charge in [-0.25, -0.2) is 4.39 Å². The van der Waals surface area contributed by atoms with Crippen LogP contribution in [0.25, 0.3) is 0 Å². The van der Waals surface area contributed by atoms with Crippen LogP contribution in [0.5, 0.6) is 0 Å². The highest BCUT2D eigenvalue weighted by molar-refractivity contribution is 6.39. The molecule has 1 N–H and O–H groups in total. The van der Waals surface area contributed by atoms with E-state index in [9.17, 15) is 27.2 Å². The normalized spacial score (nSPS) is 21.5. The van der Waals surface area contributed by atoms with E-state index in [2.05, 4.69) is 5.32 Å². The molecule has 132 valence electrons. The molecule has 0 radical (unpaired) electrons. The monoisotopic (exact) mass is 348 g/mol. The topological polar surface area (TPSA) is 58.6 Å². The SMILES string of the molecule is C[C@@H]1OCCN(C(=O)C(=O)Nc2ccc(F)c(C(F)(F)F)c2)[C@H]1C. The van der Waals surface area contributed by atoms with E-state index in [0.29, 0.717) is 12.1 Å². The number of benzene rings is 1. The molecule has 1 aliphatic rings. The first-order valence-corrected chi connectivity index (χ1v) is 7.21. The fourth-order valence-electron chi connectivity index (χ4n) is 2.35. The Morgan fingerprint density at radius 2 is 1.96 bits per heavy atom. The number of morpholine rings is 1. The minimum absolute atomic E-state index is 0.203. The number of carbonyl (C=O) groups is 2. The molecule has 5 nitrogen and oxygen atoms in total. The molecule has 1 heterocycles. The van der Waals surface area contributed by atoms with E-state index in [1.807, 2.05) is 0 Å². The Morgan fingerprint density at radius 1 is 1.29 bits per heavy atom. The number of carbonyl (C=O) groups excluding carboxylic acids is 2. The number of amides is 2. The third kappa shape index (κ3) is 3.84. The van der Waals surface area contributed by atoms with Crippen molar-refractivity contribution in [2.75, 3.05) is 18.5 Å². The second kappa shape index (κ2) is 6.76. The summed E-state index contributed by atoms with van der Waals surface area (Å²) < 4.78 is 56.6. The van der Waals surface area contributed by atoms with Crippen LogP contribution in [0.15, 0.2) is 18.2 Å². The van der Waals surface area contributed by atoms with Crippen molar-refractivity contribution >= 4 is 17.5 Å². The number of hydrogen-bond donors (Lipinski definition) is 1. The number of hydrogen-bond acceptors (Lipinski definition) is 3. The molecule has 1 fully saturated rings. The lowest BCUT2D eigenvalue weighted by molar-refractivity contribution is -0.152. The van der Waals surface area contributed by atoms with Crippen molar-refractivity contribution in [1.82, 2.24) is 4.90 Å². The molecule has 1 saturated heterocycles. The molecule has 0 bridgehead atoms. The number of nitrogens with one attached hydrogen (secondary N) is 1. The van der Waals surface area contributed by atoms with Gasteiger partial charge in [0, 0.05) is 12.2 Å². The lowest BCUT2D eigenvalue weighted by Gasteiger charge is -2.37. The zero-order valence-corrected chi connectivity index (χ0v) is 13.0. The van der Waals surface area contributed by atoms with Gasteiger partial charge in [-0.2, -0.15) is 13.2 Å². The molecule has 1 aromatic carbocycles. The molecule has 0 unspecified atom stereocenters. The number of ether oxygens (including phenoxy) is 1. The predicted molar refractivity (Wildman–Crippen MR) is 76.6 cm³/mol. The Kier molecular flexibility index (Phi) is 5.12. The summed E-state index contributed by atoms with van der Waals surface area (Å²) in [4.78, 5) is 25.5. The third-order valence-corrected chi connectivity index (χ3v) is 3.87. The van der Waals surface area contributed by atoms with Gasteiger partial charge in [0.15, 0.2) is 0 Å². The van der Waals surface area contributed by atoms with Gasteiger partial charge < -0.3 is 15.0 Å². The molecular weight excluding hydrogens is 332 g/mol. The number of rotatable bonds is 1. The highest BCUT2D eigenvalue weighted by atomic mass is 19.4. The van der Waals surface area contributed by atoms with Crippen molar-refractivity contribution < 1.29 is 31.9 Å². The zero-order valence-electron chi connectivity index (χ0n) is 13.0. The Balaban J connectivity index is 2.13. The summed E-state index contributed by atoms with van der Waals surface area (Å²) in [6, 6.07) is 1.64. The van der Waals surface area contributed by atoms with Crippen LogP contribution < -0.4 is 5.32 Å². The van der Waals surface area contributed by atoms with E-state index in [1.165, 1.54) is 4.90 Å². The van der Waals surface area contributed by atoms with Crippen LogP contribution >= 0.6 is 0 Å². The second-order valence-corrected chi connectivity index (χ2v) is 5.46. The lowest BCUT2D eigenvalue weighted by Crippen LogP contribution is -2.54. The van der Waals surface area contributed by atoms with Crippen molar-refractivity contribution in [3.63, 3.8) is 0 Å². The summed E-state index contributed by atoms with van der Waals surface area (Å²) >= 11 is 0. The first kappa shape index (κ1) is 18.2. The third-order valence-electron chi connectivity index (χ3n) is 3.87. The molecule has 0 saturated carbocycles. The Labute approximate surface area is 135 Å². The largest absolute Gasteiger partial charge is 0.419 e. The van der Waals surface area contributed by atoms with Crippen LogP contribution in [0.1, 0.15) is 19.4 Å². The predicted octanol–water partition coefficient (Wildman–Crippen LogP) is 2.42. The summed E-state index contributed by atoms with van der Waals surface area (Å²) in [5.41, 5.74) is -1.82. The van der Waals surface area contributed by atoms with Gasteiger partial charge in [-0.05, 0) is 32.0 Å². The highest BCUT2D eigenvalue weighted by Gasteiger charge is 2.35. The summed E-state index contributed by atoms with van der Waals surface area (Å²) in [6.45, 7) is 3.92. The fourth-order valence-corrected chi connectivity index (χ4v) is 2.35. The summed E-state index contributed by atoms with van der Waals surface area (Å²) in [5.74, 6) is -3.42. The van der Waals surface area contributed by atoms with Gasteiger partial charge in [0.1, 0.15) is 5.82 Å². The van der Waals surface area contributed by atoms with Gasteiger partial charge >= 0.3 is 18.0 Å². The van der Waals surface area contributed by atoms with E-state index in [1.54, 1.807) is 13.8 Å². The van der Waals surface area contributed by atoms with Gasteiger partial charge in [-0.3, -0.25) is 9.59 Å². The van der Waals surface area contributed by atoms with E-state index in [-0.39, 0.29) is 31.0 Å².